The zero-order chi connectivity index (χ0) is 20.4. The number of nitrogens with zero attached hydrogens (tertiary/aromatic N) is 1. The number of rotatable bonds is 5. The number of Topliss-reactive ketones (excluding diaryl/α,β-unsaturated/α-hetero) is 1. The van der Waals surface area contributed by atoms with E-state index in [1.54, 1.807) is 36.4 Å². The molecule has 1 aliphatic carbocycles. The quantitative estimate of drug-likeness (QED) is 0.541. The van der Waals surface area contributed by atoms with Crippen LogP contribution in [-0.4, -0.2) is 22.7 Å². The molecule has 0 unspecified atom stereocenters. The highest BCUT2D eigenvalue weighted by molar-refractivity contribution is 5.95. The lowest BCUT2D eigenvalue weighted by molar-refractivity contribution is 0.0933. The van der Waals surface area contributed by atoms with Crippen LogP contribution in [0.1, 0.15) is 38.9 Å². The van der Waals surface area contributed by atoms with Crippen LogP contribution >= 0.6 is 12.4 Å². The molecule has 3 aromatic rings. The third-order valence-corrected chi connectivity index (χ3v) is 5.03. The molecule has 1 aliphatic rings. The molecule has 4 rings (SSSR count). The zero-order valence-corrected chi connectivity index (χ0v) is 17.3. The highest BCUT2D eigenvalue weighted by Crippen LogP contribution is 2.23. The summed E-state index contributed by atoms with van der Waals surface area (Å²) < 4.78 is 0. The van der Waals surface area contributed by atoms with E-state index in [0.717, 1.165) is 18.5 Å². The van der Waals surface area contributed by atoms with Gasteiger partial charge >= 0.3 is 0 Å². The first-order chi connectivity index (χ1) is 14.0. The maximum atomic E-state index is 12.7. The number of aromatic nitrogens is 1. The summed E-state index contributed by atoms with van der Waals surface area (Å²) in [5.74, 6) is 0.233. The first-order valence-corrected chi connectivity index (χ1v) is 9.51. The predicted octanol–water partition coefficient (Wildman–Crippen LogP) is 3.93. The van der Waals surface area contributed by atoms with Crippen molar-refractivity contribution in [2.24, 2.45) is 0 Å². The number of hydrogen-bond donors (Lipinski definition) is 3. The average molecular weight is 423 g/mol. The molecule has 0 atom stereocenters. The Bertz CT molecular complexity index is 1060. The smallest absolute Gasteiger partial charge is 0.270 e. The van der Waals surface area contributed by atoms with Crippen molar-refractivity contribution in [3.05, 3.63) is 83.0 Å². The Morgan fingerprint density at radius 3 is 2.23 bits per heavy atom. The molecule has 0 radical (unpaired) electrons. The third kappa shape index (κ3) is 4.78. The Kier molecular flexibility index (Phi) is 6.37. The number of nitrogens with one attached hydrogen (secondary N) is 2. The highest BCUT2D eigenvalue weighted by Gasteiger charge is 2.23. The summed E-state index contributed by atoms with van der Waals surface area (Å²) in [6.45, 7) is 1.52. The van der Waals surface area contributed by atoms with Crippen LogP contribution in [0.4, 0.5) is 17.2 Å². The molecule has 0 aliphatic heterocycles. The van der Waals surface area contributed by atoms with Gasteiger partial charge in [-0.15, -0.1) is 12.4 Å². The molecule has 1 aromatic heterocycles. The van der Waals surface area contributed by atoms with Crippen molar-refractivity contribution in [3.8, 4) is 0 Å². The number of hydrogen-bond acceptors (Lipinski definition) is 5. The van der Waals surface area contributed by atoms with Gasteiger partial charge in [0.25, 0.3) is 5.91 Å². The van der Waals surface area contributed by atoms with E-state index >= 15 is 0 Å². The maximum absolute atomic E-state index is 12.7. The van der Waals surface area contributed by atoms with Crippen LogP contribution in [-0.2, 0) is 12.8 Å². The van der Waals surface area contributed by atoms with Crippen LogP contribution in [0.3, 0.4) is 0 Å². The molecular formula is C23H23ClN4O2. The number of ketones is 1. The monoisotopic (exact) mass is 422 g/mol. The van der Waals surface area contributed by atoms with Crippen molar-refractivity contribution in [2.75, 3.05) is 11.1 Å². The largest absolute Gasteiger partial charge is 0.399 e. The number of carbonyl (C=O) groups excluding carboxylic acids is 2. The molecule has 30 heavy (non-hydrogen) atoms. The van der Waals surface area contributed by atoms with E-state index < -0.39 is 0 Å². The van der Waals surface area contributed by atoms with Gasteiger partial charge in [0.05, 0.1) is 0 Å². The fourth-order valence-corrected chi connectivity index (χ4v) is 3.59. The van der Waals surface area contributed by atoms with Crippen molar-refractivity contribution < 1.29 is 9.59 Å². The van der Waals surface area contributed by atoms with Crippen molar-refractivity contribution >= 4 is 41.3 Å². The normalized spacial score (nSPS) is 12.6. The molecule has 0 saturated heterocycles. The van der Waals surface area contributed by atoms with Gasteiger partial charge in [-0.1, -0.05) is 24.3 Å². The Labute approximate surface area is 181 Å². The standard InChI is InChI=1S/C23H22N4O2.ClH/c1-14(28)15-6-8-19(9-7-15)25-22-13-18(24)12-21(27-22)23(29)26-20-10-16-4-2-3-5-17(16)11-20;/h2-9,12-13,20H,10-11H2,1H3,(H,26,29)(H3,24,25,27);1H. The number of nitrogen functional groups attached to an aromatic ring is 1. The summed E-state index contributed by atoms with van der Waals surface area (Å²) in [6, 6.07) is 18.6. The SMILES string of the molecule is CC(=O)c1ccc(Nc2cc(N)cc(C(=O)NC3Cc4ccccc4C3)n2)cc1.Cl. The van der Waals surface area contributed by atoms with Gasteiger partial charge < -0.3 is 16.4 Å². The van der Waals surface area contributed by atoms with Crippen LogP contribution < -0.4 is 16.4 Å². The minimum absolute atomic E-state index is 0. The lowest BCUT2D eigenvalue weighted by Gasteiger charge is -2.13. The van der Waals surface area contributed by atoms with Crippen LogP contribution in [0.15, 0.2) is 60.7 Å². The fourth-order valence-electron chi connectivity index (χ4n) is 3.59. The van der Waals surface area contributed by atoms with Gasteiger partial charge in [-0.05, 0) is 61.2 Å². The molecule has 7 heteroatoms. The lowest BCUT2D eigenvalue weighted by atomic mass is 10.1. The van der Waals surface area contributed by atoms with Gasteiger partial charge in [-0.2, -0.15) is 0 Å². The minimum atomic E-state index is -0.245. The second kappa shape index (κ2) is 8.97. The van der Waals surface area contributed by atoms with Crippen molar-refractivity contribution in [1.82, 2.24) is 10.3 Å². The number of amides is 1. The molecule has 4 N–H and O–H groups in total. The summed E-state index contributed by atoms with van der Waals surface area (Å²) in [6.07, 6.45) is 1.63. The molecule has 1 heterocycles. The van der Waals surface area contributed by atoms with Gasteiger partial charge in [0.2, 0.25) is 0 Å². The van der Waals surface area contributed by atoms with Crippen molar-refractivity contribution in [1.29, 1.82) is 0 Å². The number of carbonyl (C=O) groups is 2. The number of halogens is 1. The summed E-state index contributed by atoms with van der Waals surface area (Å²) in [5, 5.41) is 6.19. The summed E-state index contributed by atoms with van der Waals surface area (Å²) >= 11 is 0. The van der Waals surface area contributed by atoms with Gasteiger partial charge in [0.1, 0.15) is 11.5 Å². The maximum Gasteiger partial charge on any atom is 0.270 e. The molecule has 6 nitrogen and oxygen atoms in total. The second-order valence-corrected chi connectivity index (χ2v) is 7.28. The molecule has 154 valence electrons. The van der Waals surface area contributed by atoms with E-state index in [-0.39, 0.29) is 35.8 Å². The first kappa shape index (κ1) is 21.3. The van der Waals surface area contributed by atoms with E-state index in [1.807, 2.05) is 12.1 Å². The van der Waals surface area contributed by atoms with Gasteiger partial charge in [0, 0.05) is 29.0 Å². The fraction of sp³-hybridized carbons (Fsp3) is 0.174. The molecule has 0 spiro atoms. The summed E-state index contributed by atoms with van der Waals surface area (Å²) in [7, 11) is 0. The van der Waals surface area contributed by atoms with Gasteiger partial charge in [0.15, 0.2) is 5.78 Å². The number of fused-ring (bicyclic) bond motifs is 1. The Morgan fingerprint density at radius 1 is 1.00 bits per heavy atom. The van der Waals surface area contributed by atoms with Crippen molar-refractivity contribution in [2.45, 2.75) is 25.8 Å². The first-order valence-electron chi connectivity index (χ1n) is 9.51. The predicted molar refractivity (Wildman–Crippen MR) is 121 cm³/mol. The highest BCUT2D eigenvalue weighted by atomic mass is 35.5. The van der Waals surface area contributed by atoms with Crippen LogP contribution in [0.5, 0.6) is 0 Å². The lowest BCUT2D eigenvalue weighted by Crippen LogP contribution is -2.35. The summed E-state index contributed by atoms with van der Waals surface area (Å²) in [5.41, 5.74) is 10.6. The average Bonchev–Trinajstić information content (AvgIpc) is 3.10. The van der Waals surface area contributed by atoms with E-state index in [9.17, 15) is 9.59 Å². The van der Waals surface area contributed by atoms with Crippen molar-refractivity contribution in [3.63, 3.8) is 0 Å². The number of pyridine rings is 1. The molecular weight excluding hydrogens is 400 g/mol. The molecule has 1 amide bonds. The van der Waals surface area contributed by atoms with Gasteiger partial charge in [-0.25, -0.2) is 4.98 Å². The zero-order valence-electron chi connectivity index (χ0n) is 16.5. The number of nitrogens with two attached hydrogens (primary N) is 1. The number of anilines is 3. The Balaban J connectivity index is 0.00000256. The molecule has 0 bridgehead atoms. The second-order valence-electron chi connectivity index (χ2n) is 7.28. The van der Waals surface area contributed by atoms with E-state index in [1.165, 1.54) is 18.1 Å². The van der Waals surface area contributed by atoms with E-state index in [4.69, 9.17) is 5.73 Å². The topological polar surface area (TPSA) is 97.1 Å². The van der Waals surface area contributed by atoms with Crippen LogP contribution in [0, 0.1) is 0 Å². The van der Waals surface area contributed by atoms with E-state index in [2.05, 4.69) is 27.8 Å². The van der Waals surface area contributed by atoms with Gasteiger partial charge in [-0.3, -0.25) is 9.59 Å². The molecule has 0 fully saturated rings. The Morgan fingerprint density at radius 2 is 1.63 bits per heavy atom. The van der Waals surface area contributed by atoms with E-state index in [0.29, 0.717) is 17.1 Å². The third-order valence-electron chi connectivity index (χ3n) is 5.03. The molecule has 0 saturated carbocycles. The molecule has 2 aromatic carbocycles. The minimum Gasteiger partial charge on any atom is -0.399 e. The van der Waals surface area contributed by atoms with Crippen LogP contribution in [0.2, 0.25) is 0 Å². The Hall–Kier alpha value is -3.38. The van der Waals surface area contributed by atoms with Crippen LogP contribution in [0.25, 0.3) is 0 Å². The summed E-state index contributed by atoms with van der Waals surface area (Å²) in [4.78, 5) is 28.5. The number of benzene rings is 2.